The molecule has 0 aromatic heterocycles. The van der Waals surface area contributed by atoms with Crippen LogP contribution in [0.3, 0.4) is 0 Å². The zero-order chi connectivity index (χ0) is 15.5. The zero-order valence-corrected chi connectivity index (χ0v) is 14.5. The largest absolute Gasteiger partial charge is 0.506 e. The van der Waals surface area contributed by atoms with Crippen LogP contribution >= 0.6 is 31.9 Å². The number of hydrogen-bond donors (Lipinski definition) is 2. The van der Waals surface area contributed by atoms with Crippen LogP contribution in [-0.2, 0) is 10.0 Å². The summed E-state index contributed by atoms with van der Waals surface area (Å²) in [6.07, 6.45) is 1.34. The average Bonchev–Trinajstić information content (AvgIpc) is 2.45. The van der Waals surface area contributed by atoms with Gasteiger partial charge in [0.25, 0.3) is 10.0 Å². The molecule has 0 heterocycles. The third kappa shape index (κ3) is 4.05. The van der Waals surface area contributed by atoms with Gasteiger partial charge in [0.1, 0.15) is 5.75 Å². The first kappa shape index (κ1) is 16.0. The third-order valence-corrected chi connectivity index (χ3v) is 4.93. The van der Waals surface area contributed by atoms with E-state index in [4.69, 9.17) is 0 Å². The molecule has 21 heavy (non-hydrogen) atoms. The minimum absolute atomic E-state index is 0.0667. The maximum absolute atomic E-state index is 11.9. The summed E-state index contributed by atoms with van der Waals surface area (Å²) in [5, 5.41) is 13.3. The molecule has 0 radical (unpaired) electrons. The van der Waals surface area contributed by atoms with Crippen LogP contribution in [0.4, 0.5) is 0 Å². The van der Waals surface area contributed by atoms with E-state index in [1.54, 1.807) is 30.3 Å². The Morgan fingerprint density at radius 1 is 1.10 bits per heavy atom. The van der Waals surface area contributed by atoms with Crippen LogP contribution in [-0.4, -0.2) is 19.7 Å². The quantitative estimate of drug-likeness (QED) is 0.573. The zero-order valence-electron chi connectivity index (χ0n) is 10.5. The molecule has 8 heteroatoms. The van der Waals surface area contributed by atoms with Crippen LogP contribution in [0.1, 0.15) is 5.56 Å². The SMILES string of the molecule is O=S(=O)(N/N=C/c1cc(Br)c(O)c(Br)c1)c1ccccc1. The predicted octanol–water partition coefficient (Wildman–Crippen LogP) is 3.23. The Bertz CT molecular complexity index is 754. The molecule has 0 aliphatic heterocycles. The normalized spacial score (nSPS) is 11.7. The average molecular weight is 434 g/mol. The van der Waals surface area contributed by atoms with E-state index in [0.29, 0.717) is 14.5 Å². The van der Waals surface area contributed by atoms with Crippen molar-refractivity contribution in [3.05, 3.63) is 57.0 Å². The van der Waals surface area contributed by atoms with Gasteiger partial charge in [-0.3, -0.25) is 0 Å². The van der Waals surface area contributed by atoms with Gasteiger partial charge in [-0.2, -0.15) is 13.5 Å². The Labute approximate surface area is 139 Å². The van der Waals surface area contributed by atoms with Gasteiger partial charge in [0.15, 0.2) is 0 Å². The highest BCUT2D eigenvalue weighted by Crippen LogP contribution is 2.32. The molecule has 0 unspecified atom stereocenters. The molecule has 2 rings (SSSR count). The molecule has 0 aliphatic carbocycles. The first-order chi connectivity index (χ1) is 9.90. The van der Waals surface area contributed by atoms with Crippen molar-refractivity contribution in [1.82, 2.24) is 4.83 Å². The van der Waals surface area contributed by atoms with Crippen molar-refractivity contribution in [2.75, 3.05) is 0 Å². The number of phenols is 1. The number of nitrogens with one attached hydrogen (secondary N) is 1. The highest BCUT2D eigenvalue weighted by Gasteiger charge is 2.11. The molecule has 0 atom stereocenters. The van der Waals surface area contributed by atoms with Gasteiger partial charge in [0.2, 0.25) is 0 Å². The summed E-state index contributed by atoms with van der Waals surface area (Å²) in [6, 6.07) is 11.2. The van der Waals surface area contributed by atoms with Crippen LogP contribution in [0, 0.1) is 0 Å². The lowest BCUT2D eigenvalue weighted by Gasteiger charge is -2.04. The van der Waals surface area contributed by atoms with E-state index in [1.807, 2.05) is 0 Å². The molecule has 5 nitrogen and oxygen atoms in total. The van der Waals surface area contributed by atoms with Crippen molar-refractivity contribution >= 4 is 48.1 Å². The fraction of sp³-hybridized carbons (Fsp3) is 0. The highest BCUT2D eigenvalue weighted by molar-refractivity contribution is 9.11. The maximum atomic E-state index is 11.9. The smallest absolute Gasteiger partial charge is 0.276 e. The molecule has 0 aliphatic rings. The van der Waals surface area contributed by atoms with E-state index < -0.39 is 10.0 Å². The molecule has 2 aromatic carbocycles. The molecule has 0 spiro atoms. The van der Waals surface area contributed by atoms with Gasteiger partial charge in [0.05, 0.1) is 20.1 Å². The van der Waals surface area contributed by atoms with E-state index in [1.165, 1.54) is 18.3 Å². The van der Waals surface area contributed by atoms with Crippen molar-refractivity contribution in [1.29, 1.82) is 0 Å². The lowest BCUT2D eigenvalue weighted by molar-refractivity contribution is 0.468. The third-order valence-electron chi connectivity index (χ3n) is 2.48. The van der Waals surface area contributed by atoms with Gasteiger partial charge in [-0.1, -0.05) is 18.2 Å². The van der Waals surface area contributed by atoms with Gasteiger partial charge < -0.3 is 5.11 Å². The number of hydrazone groups is 1. The Morgan fingerprint density at radius 2 is 1.67 bits per heavy atom. The number of aromatic hydroxyl groups is 1. The Hall–Kier alpha value is -1.38. The van der Waals surface area contributed by atoms with Crippen LogP contribution in [0.2, 0.25) is 0 Å². The molecule has 2 N–H and O–H groups in total. The van der Waals surface area contributed by atoms with Crippen LogP contribution in [0.15, 0.2) is 61.4 Å². The molecule has 2 aromatic rings. The second-order valence-corrected chi connectivity index (χ2v) is 7.37. The molecule has 110 valence electrons. The number of benzene rings is 2. The van der Waals surface area contributed by atoms with Gasteiger partial charge in [-0.25, -0.2) is 4.83 Å². The van der Waals surface area contributed by atoms with E-state index in [9.17, 15) is 13.5 Å². The van der Waals surface area contributed by atoms with Crippen molar-refractivity contribution in [3.63, 3.8) is 0 Å². The minimum atomic E-state index is -3.68. The minimum Gasteiger partial charge on any atom is -0.506 e. The van der Waals surface area contributed by atoms with Crippen LogP contribution in [0.5, 0.6) is 5.75 Å². The Morgan fingerprint density at radius 3 is 2.24 bits per heavy atom. The van der Waals surface area contributed by atoms with Crippen molar-refractivity contribution in [2.45, 2.75) is 4.90 Å². The lowest BCUT2D eigenvalue weighted by atomic mass is 10.2. The number of rotatable bonds is 4. The van der Waals surface area contributed by atoms with Gasteiger partial charge in [-0.05, 0) is 61.7 Å². The van der Waals surface area contributed by atoms with Gasteiger partial charge >= 0.3 is 0 Å². The monoisotopic (exact) mass is 432 g/mol. The van der Waals surface area contributed by atoms with Crippen LogP contribution < -0.4 is 4.83 Å². The van der Waals surface area contributed by atoms with Gasteiger partial charge in [-0.15, -0.1) is 0 Å². The van der Waals surface area contributed by atoms with Crippen molar-refractivity contribution < 1.29 is 13.5 Å². The van der Waals surface area contributed by atoms with E-state index in [0.717, 1.165) is 0 Å². The highest BCUT2D eigenvalue weighted by atomic mass is 79.9. The number of nitrogens with zero attached hydrogens (tertiary/aromatic N) is 1. The fourth-order valence-electron chi connectivity index (χ4n) is 1.48. The molecule has 0 amide bonds. The standard InChI is InChI=1S/C13H10Br2N2O3S/c14-11-6-9(7-12(15)13(11)18)8-16-17-21(19,20)10-4-2-1-3-5-10/h1-8,17-18H/b16-8+. The fourth-order valence-corrected chi connectivity index (χ4v) is 3.52. The molecule has 0 fully saturated rings. The predicted molar refractivity (Wildman–Crippen MR) is 87.9 cm³/mol. The van der Waals surface area contributed by atoms with Crippen molar-refractivity contribution in [3.8, 4) is 5.75 Å². The van der Waals surface area contributed by atoms with E-state index in [2.05, 4.69) is 41.8 Å². The number of halogens is 2. The first-order valence-corrected chi connectivity index (χ1v) is 8.75. The molecule has 0 bridgehead atoms. The first-order valence-electron chi connectivity index (χ1n) is 5.68. The summed E-state index contributed by atoms with van der Waals surface area (Å²) in [6.45, 7) is 0. The van der Waals surface area contributed by atoms with Crippen molar-refractivity contribution in [2.24, 2.45) is 5.10 Å². The van der Waals surface area contributed by atoms with E-state index in [-0.39, 0.29) is 10.6 Å². The molecular weight excluding hydrogens is 424 g/mol. The second-order valence-electron chi connectivity index (χ2n) is 4.00. The maximum Gasteiger partial charge on any atom is 0.276 e. The van der Waals surface area contributed by atoms with Gasteiger partial charge in [0, 0.05) is 0 Å². The summed E-state index contributed by atoms with van der Waals surface area (Å²) in [5.41, 5.74) is 0.613. The number of hydrogen-bond acceptors (Lipinski definition) is 4. The van der Waals surface area contributed by atoms with E-state index >= 15 is 0 Å². The molecule has 0 saturated carbocycles. The Balaban J connectivity index is 2.16. The topological polar surface area (TPSA) is 78.8 Å². The summed E-state index contributed by atoms with van der Waals surface area (Å²) in [5.74, 6) is 0.0667. The molecular formula is C13H10Br2N2O3S. The molecule has 0 saturated heterocycles. The number of phenolic OH excluding ortho intramolecular Hbond substituents is 1. The summed E-state index contributed by atoms with van der Waals surface area (Å²) in [4.78, 5) is 2.26. The Kier molecular flexibility index (Phi) is 5.02. The summed E-state index contributed by atoms with van der Waals surface area (Å²) >= 11 is 6.37. The van der Waals surface area contributed by atoms with Crippen LogP contribution in [0.25, 0.3) is 0 Å². The summed E-state index contributed by atoms with van der Waals surface area (Å²) in [7, 11) is -3.68. The number of sulfonamides is 1. The second kappa shape index (κ2) is 6.59. The summed E-state index contributed by atoms with van der Waals surface area (Å²) < 4.78 is 24.8. The lowest BCUT2D eigenvalue weighted by Crippen LogP contribution is -2.18.